The summed E-state index contributed by atoms with van der Waals surface area (Å²) < 4.78 is 5.41. The zero-order valence-electron chi connectivity index (χ0n) is 11.8. The largest absolute Gasteiger partial charge is 0.440 e. The molecule has 4 heteroatoms. The summed E-state index contributed by atoms with van der Waals surface area (Å²) in [6.07, 6.45) is 3.94. The first-order chi connectivity index (χ1) is 8.14. The van der Waals surface area contributed by atoms with Crippen LogP contribution in [0.25, 0.3) is 0 Å². The van der Waals surface area contributed by atoms with Crippen molar-refractivity contribution < 1.29 is 9.53 Å². The van der Waals surface area contributed by atoms with E-state index in [0.717, 1.165) is 0 Å². The Morgan fingerprint density at radius 2 is 1.78 bits per heavy atom. The van der Waals surface area contributed by atoms with Crippen LogP contribution in [-0.2, 0) is 9.53 Å². The minimum Gasteiger partial charge on any atom is -0.440 e. The van der Waals surface area contributed by atoms with Gasteiger partial charge in [0, 0.05) is 30.0 Å². The summed E-state index contributed by atoms with van der Waals surface area (Å²) in [7, 11) is 0. The van der Waals surface area contributed by atoms with E-state index in [1.54, 1.807) is 13.0 Å². The molecule has 4 nitrogen and oxygen atoms in total. The normalized spacial score (nSPS) is 24.4. The van der Waals surface area contributed by atoms with Gasteiger partial charge in [0.15, 0.2) is 0 Å². The van der Waals surface area contributed by atoms with Crippen molar-refractivity contribution in [3.8, 4) is 6.07 Å². The Balaban J connectivity index is 3.00. The Kier molecular flexibility index (Phi) is 3.87. The fraction of sp³-hybridized carbons (Fsp3) is 0.714. The Bertz CT molecular complexity index is 387. The molecule has 0 aliphatic carbocycles. The predicted molar refractivity (Wildman–Crippen MR) is 69.8 cm³/mol. The van der Waals surface area contributed by atoms with Crippen molar-refractivity contribution in [2.45, 2.75) is 64.1 Å². The number of hydrogen-bond acceptors (Lipinski definition) is 4. The fourth-order valence-corrected chi connectivity index (χ4v) is 3.03. The molecule has 0 aromatic heterocycles. The summed E-state index contributed by atoms with van der Waals surface area (Å²) in [6.45, 7) is 9.82. The SMILES string of the molecule is C/C=C/C(=O)OC1(C#N)CC(C)(C)NC(C)(C)C1. The first-order valence-electron chi connectivity index (χ1n) is 6.20. The maximum atomic E-state index is 11.6. The Morgan fingerprint density at radius 1 is 1.28 bits per heavy atom. The van der Waals surface area contributed by atoms with Crippen LogP contribution in [0.1, 0.15) is 47.5 Å². The van der Waals surface area contributed by atoms with Crippen molar-refractivity contribution >= 4 is 5.97 Å². The molecule has 1 N–H and O–H groups in total. The molecule has 0 bridgehead atoms. The highest BCUT2D eigenvalue weighted by atomic mass is 16.6. The summed E-state index contributed by atoms with van der Waals surface area (Å²) in [5.74, 6) is -0.451. The van der Waals surface area contributed by atoms with Crippen molar-refractivity contribution in [3.63, 3.8) is 0 Å². The first kappa shape index (κ1) is 14.7. The molecule has 0 spiro atoms. The van der Waals surface area contributed by atoms with Crippen LogP contribution >= 0.6 is 0 Å². The number of hydrogen-bond donors (Lipinski definition) is 1. The second-order valence-corrected chi connectivity index (χ2v) is 6.27. The van der Waals surface area contributed by atoms with Gasteiger partial charge >= 0.3 is 5.97 Å². The molecule has 0 aromatic carbocycles. The number of esters is 1. The van der Waals surface area contributed by atoms with Gasteiger partial charge in [-0.05, 0) is 34.6 Å². The van der Waals surface area contributed by atoms with Crippen LogP contribution in [-0.4, -0.2) is 22.6 Å². The van der Waals surface area contributed by atoms with E-state index in [1.807, 2.05) is 27.7 Å². The van der Waals surface area contributed by atoms with Crippen molar-refractivity contribution in [3.05, 3.63) is 12.2 Å². The van der Waals surface area contributed by atoms with Crippen LogP contribution in [0.3, 0.4) is 0 Å². The molecule has 1 saturated heterocycles. The molecule has 1 aliphatic rings. The third-order valence-corrected chi connectivity index (χ3v) is 2.93. The standard InChI is InChI=1S/C14H22N2O2/c1-6-7-11(17)18-14(10-15)8-12(2,3)16-13(4,5)9-14/h6-7,16H,8-9H2,1-5H3/b7-6+. The Labute approximate surface area is 109 Å². The second kappa shape index (κ2) is 4.74. The van der Waals surface area contributed by atoms with Gasteiger partial charge in [-0.3, -0.25) is 0 Å². The van der Waals surface area contributed by atoms with Crippen LogP contribution < -0.4 is 5.32 Å². The third-order valence-electron chi connectivity index (χ3n) is 2.93. The van der Waals surface area contributed by atoms with Crippen LogP contribution in [0.2, 0.25) is 0 Å². The monoisotopic (exact) mass is 250 g/mol. The third kappa shape index (κ3) is 3.58. The Morgan fingerprint density at radius 3 is 2.17 bits per heavy atom. The van der Waals surface area contributed by atoms with E-state index in [4.69, 9.17) is 4.74 Å². The number of allylic oxidation sites excluding steroid dienone is 1. The lowest BCUT2D eigenvalue weighted by molar-refractivity contribution is -0.155. The lowest BCUT2D eigenvalue weighted by Gasteiger charge is -2.49. The quantitative estimate of drug-likeness (QED) is 0.603. The number of rotatable bonds is 2. The summed E-state index contributed by atoms with van der Waals surface area (Å²) in [5, 5.41) is 12.9. The number of nitrogens with one attached hydrogen (secondary N) is 1. The maximum Gasteiger partial charge on any atom is 0.332 e. The number of nitrogens with zero attached hydrogens (tertiary/aromatic N) is 1. The minimum atomic E-state index is -1.05. The molecule has 1 rings (SSSR count). The van der Waals surface area contributed by atoms with Crippen molar-refractivity contribution in [1.29, 1.82) is 5.26 Å². The number of carbonyl (C=O) groups excluding carboxylic acids is 1. The van der Waals surface area contributed by atoms with E-state index in [2.05, 4.69) is 11.4 Å². The van der Waals surface area contributed by atoms with E-state index in [1.165, 1.54) is 6.08 Å². The van der Waals surface area contributed by atoms with E-state index >= 15 is 0 Å². The first-order valence-corrected chi connectivity index (χ1v) is 6.20. The van der Waals surface area contributed by atoms with Gasteiger partial charge in [0.1, 0.15) is 6.07 Å². The molecule has 0 amide bonds. The Hall–Kier alpha value is -1.34. The second-order valence-electron chi connectivity index (χ2n) is 6.27. The summed E-state index contributed by atoms with van der Waals surface area (Å²) in [4.78, 5) is 11.6. The summed E-state index contributed by atoms with van der Waals surface area (Å²) in [6, 6.07) is 2.20. The van der Waals surface area contributed by atoms with Gasteiger partial charge in [-0.25, -0.2) is 4.79 Å². The summed E-state index contributed by atoms with van der Waals surface area (Å²) in [5.41, 5.74) is -1.53. The maximum absolute atomic E-state index is 11.6. The molecule has 0 unspecified atom stereocenters. The number of piperidine rings is 1. The van der Waals surface area contributed by atoms with Gasteiger partial charge in [0.25, 0.3) is 0 Å². The molecule has 0 radical (unpaired) electrons. The van der Waals surface area contributed by atoms with Crippen molar-refractivity contribution in [2.24, 2.45) is 0 Å². The molecular weight excluding hydrogens is 228 g/mol. The van der Waals surface area contributed by atoms with E-state index in [-0.39, 0.29) is 11.1 Å². The highest BCUT2D eigenvalue weighted by Gasteiger charge is 2.49. The van der Waals surface area contributed by atoms with Crippen LogP contribution in [0, 0.1) is 11.3 Å². The molecule has 18 heavy (non-hydrogen) atoms. The lowest BCUT2D eigenvalue weighted by atomic mass is 9.73. The summed E-state index contributed by atoms with van der Waals surface area (Å²) >= 11 is 0. The van der Waals surface area contributed by atoms with E-state index in [9.17, 15) is 10.1 Å². The predicted octanol–water partition coefficient (Wildman–Crippen LogP) is 2.31. The zero-order valence-corrected chi connectivity index (χ0v) is 11.8. The van der Waals surface area contributed by atoms with E-state index < -0.39 is 11.6 Å². The number of nitriles is 1. The molecule has 1 heterocycles. The van der Waals surface area contributed by atoms with Gasteiger partial charge in [-0.15, -0.1) is 0 Å². The highest BCUT2D eigenvalue weighted by molar-refractivity contribution is 5.82. The smallest absolute Gasteiger partial charge is 0.332 e. The van der Waals surface area contributed by atoms with Gasteiger partial charge in [-0.1, -0.05) is 6.08 Å². The lowest BCUT2D eigenvalue weighted by Crippen LogP contribution is -2.64. The minimum absolute atomic E-state index is 0.242. The fourth-order valence-electron chi connectivity index (χ4n) is 3.03. The average molecular weight is 250 g/mol. The molecule has 0 atom stereocenters. The van der Waals surface area contributed by atoms with Crippen molar-refractivity contribution in [2.75, 3.05) is 0 Å². The van der Waals surface area contributed by atoms with Crippen LogP contribution in [0.5, 0.6) is 0 Å². The number of ether oxygens (including phenoxy) is 1. The van der Waals surface area contributed by atoms with Gasteiger partial charge in [0.2, 0.25) is 5.60 Å². The molecule has 0 aromatic rings. The molecule has 100 valence electrons. The average Bonchev–Trinajstić information content (AvgIpc) is 2.12. The van der Waals surface area contributed by atoms with Gasteiger partial charge < -0.3 is 10.1 Å². The molecule has 1 fully saturated rings. The van der Waals surface area contributed by atoms with Crippen molar-refractivity contribution in [1.82, 2.24) is 5.32 Å². The highest BCUT2D eigenvalue weighted by Crippen LogP contribution is 2.38. The van der Waals surface area contributed by atoms with Crippen LogP contribution in [0.4, 0.5) is 0 Å². The van der Waals surface area contributed by atoms with Gasteiger partial charge in [-0.2, -0.15) is 5.26 Å². The zero-order chi connectivity index (χ0) is 14.0. The number of carbonyl (C=O) groups is 1. The topological polar surface area (TPSA) is 62.1 Å². The van der Waals surface area contributed by atoms with E-state index in [0.29, 0.717) is 12.8 Å². The molecule has 1 aliphatic heterocycles. The van der Waals surface area contributed by atoms with Crippen LogP contribution in [0.15, 0.2) is 12.2 Å². The van der Waals surface area contributed by atoms with Gasteiger partial charge in [0.05, 0.1) is 0 Å². The molecular formula is C14H22N2O2. The molecule has 0 saturated carbocycles.